The maximum absolute atomic E-state index is 11.5. The van der Waals surface area contributed by atoms with Crippen LogP contribution in [0.25, 0.3) is 6.08 Å². The minimum atomic E-state index is -3.11. The molecule has 0 N–H and O–H groups in total. The summed E-state index contributed by atoms with van der Waals surface area (Å²) in [5, 5.41) is 9.12. The monoisotopic (exact) mass is 321 g/mol. The summed E-state index contributed by atoms with van der Waals surface area (Å²) in [6.07, 6.45) is 5.96. The van der Waals surface area contributed by atoms with Crippen LogP contribution in [0, 0.1) is 17.2 Å². The Kier molecular flexibility index (Phi) is 5.16. The largest absolute Gasteiger partial charge is 0.476 e. The lowest BCUT2D eigenvalue weighted by Gasteiger charge is -2.29. The van der Waals surface area contributed by atoms with Crippen molar-refractivity contribution in [2.45, 2.75) is 12.8 Å². The molecule has 1 aliphatic rings. The van der Waals surface area contributed by atoms with Crippen molar-refractivity contribution >= 4 is 16.1 Å². The van der Waals surface area contributed by atoms with E-state index in [2.05, 4.69) is 17.6 Å². The van der Waals surface area contributed by atoms with Crippen LogP contribution in [0.2, 0.25) is 0 Å². The molecule has 0 spiro atoms. The van der Waals surface area contributed by atoms with Crippen molar-refractivity contribution in [3.05, 3.63) is 30.0 Å². The van der Waals surface area contributed by atoms with Gasteiger partial charge >= 0.3 is 0 Å². The Morgan fingerprint density at radius 1 is 1.55 bits per heavy atom. The summed E-state index contributed by atoms with van der Waals surface area (Å²) in [4.78, 5) is 4.14. The maximum atomic E-state index is 11.5. The van der Waals surface area contributed by atoms with Gasteiger partial charge in [0.15, 0.2) is 0 Å². The van der Waals surface area contributed by atoms with Gasteiger partial charge in [-0.1, -0.05) is 12.7 Å². The van der Waals surface area contributed by atoms with Crippen LogP contribution in [-0.4, -0.2) is 43.7 Å². The van der Waals surface area contributed by atoms with Crippen molar-refractivity contribution < 1.29 is 13.2 Å². The van der Waals surface area contributed by atoms with Gasteiger partial charge in [0.1, 0.15) is 11.6 Å². The molecule has 0 radical (unpaired) electrons. The Labute approximate surface area is 131 Å². The summed E-state index contributed by atoms with van der Waals surface area (Å²) >= 11 is 0. The average molecular weight is 321 g/mol. The first-order valence-corrected chi connectivity index (χ1v) is 8.89. The van der Waals surface area contributed by atoms with Gasteiger partial charge in [0.2, 0.25) is 15.9 Å². The molecule has 1 aromatic rings. The number of hydrogen-bond acceptors (Lipinski definition) is 5. The van der Waals surface area contributed by atoms with E-state index in [-0.39, 0.29) is 5.92 Å². The molecule has 0 bridgehead atoms. The molecular formula is C15H19N3O3S. The predicted octanol–water partition coefficient (Wildman–Crippen LogP) is 1.65. The lowest BCUT2D eigenvalue weighted by atomic mass is 9.99. The third-order valence-electron chi connectivity index (χ3n) is 3.73. The molecule has 7 heteroatoms. The smallest absolute Gasteiger partial charge is 0.231 e. The number of piperidine rings is 1. The quantitative estimate of drug-likeness (QED) is 0.823. The summed E-state index contributed by atoms with van der Waals surface area (Å²) in [6.45, 7) is 5.10. The molecule has 1 saturated heterocycles. The zero-order chi connectivity index (χ0) is 16.2. The summed E-state index contributed by atoms with van der Waals surface area (Å²) in [5.74, 6) is 0.587. The molecule has 22 heavy (non-hydrogen) atoms. The number of pyridine rings is 1. The van der Waals surface area contributed by atoms with Crippen molar-refractivity contribution in [2.75, 3.05) is 26.0 Å². The van der Waals surface area contributed by atoms with E-state index in [4.69, 9.17) is 10.00 Å². The highest BCUT2D eigenvalue weighted by atomic mass is 32.2. The van der Waals surface area contributed by atoms with E-state index < -0.39 is 10.0 Å². The highest BCUT2D eigenvalue weighted by molar-refractivity contribution is 7.88. The van der Waals surface area contributed by atoms with Gasteiger partial charge in [0, 0.05) is 19.3 Å². The normalized spacial score (nSPS) is 16.9. The topological polar surface area (TPSA) is 83.3 Å². The second-order valence-corrected chi connectivity index (χ2v) is 7.34. The van der Waals surface area contributed by atoms with Crippen molar-refractivity contribution in [3.63, 3.8) is 0 Å². The summed E-state index contributed by atoms with van der Waals surface area (Å²) in [5.41, 5.74) is 1.15. The van der Waals surface area contributed by atoms with Gasteiger partial charge in [-0.3, -0.25) is 0 Å². The molecule has 0 aromatic carbocycles. The van der Waals surface area contributed by atoms with Crippen LogP contribution < -0.4 is 4.74 Å². The second-order valence-electron chi connectivity index (χ2n) is 5.35. The Morgan fingerprint density at radius 3 is 2.77 bits per heavy atom. The van der Waals surface area contributed by atoms with Crippen LogP contribution in [-0.2, 0) is 10.0 Å². The van der Waals surface area contributed by atoms with Crippen LogP contribution in [0.1, 0.15) is 24.0 Å². The third kappa shape index (κ3) is 4.06. The van der Waals surface area contributed by atoms with Gasteiger partial charge in [-0.05, 0) is 30.4 Å². The molecule has 118 valence electrons. The van der Waals surface area contributed by atoms with Crippen LogP contribution in [0.5, 0.6) is 5.88 Å². The van der Waals surface area contributed by atoms with Gasteiger partial charge in [-0.15, -0.1) is 0 Å². The first-order valence-electron chi connectivity index (χ1n) is 7.04. The molecule has 2 heterocycles. The van der Waals surface area contributed by atoms with E-state index in [1.165, 1.54) is 10.6 Å². The molecular weight excluding hydrogens is 302 g/mol. The van der Waals surface area contributed by atoms with Crippen molar-refractivity contribution in [2.24, 2.45) is 5.92 Å². The molecule has 0 amide bonds. The van der Waals surface area contributed by atoms with Gasteiger partial charge in [-0.2, -0.15) is 5.26 Å². The Bertz CT molecular complexity index is 686. The standard InChI is InChI=1S/C15H19N3O3S/c1-3-12-8-14(9-16)15(17-10-12)21-11-13-4-6-18(7-5-13)22(2,19)20/h3,8,10,13H,1,4-7,11H2,2H3. The zero-order valence-corrected chi connectivity index (χ0v) is 13.3. The molecule has 2 rings (SSSR count). The number of sulfonamides is 1. The predicted molar refractivity (Wildman–Crippen MR) is 83.7 cm³/mol. The highest BCUT2D eigenvalue weighted by Gasteiger charge is 2.25. The van der Waals surface area contributed by atoms with Gasteiger partial charge in [0.05, 0.1) is 12.9 Å². The number of rotatable bonds is 5. The van der Waals surface area contributed by atoms with Gasteiger partial charge in [-0.25, -0.2) is 17.7 Å². The fourth-order valence-corrected chi connectivity index (χ4v) is 3.25. The summed E-state index contributed by atoms with van der Waals surface area (Å²) in [7, 11) is -3.11. The summed E-state index contributed by atoms with van der Waals surface area (Å²) in [6, 6.07) is 3.74. The van der Waals surface area contributed by atoms with Gasteiger partial charge in [0.25, 0.3) is 0 Å². The Balaban J connectivity index is 1.92. The second kappa shape index (κ2) is 6.90. The van der Waals surface area contributed by atoms with E-state index in [0.29, 0.717) is 31.1 Å². The first kappa shape index (κ1) is 16.5. The van der Waals surface area contributed by atoms with E-state index in [1.54, 1.807) is 18.3 Å². The maximum Gasteiger partial charge on any atom is 0.231 e. The highest BCUT2D eigenvalue weighted by Crippen LogP contribution is 2.22. The average Bonchev–Trinajstić information content (AvgIpc) is 2.52. The molecule has 1 fully saturated rings. The number of ether oxygens (including phenoxy) is 1. The van der Waals surface area contributed by atoms with Crippen LogP contribution in [0.4, 0.5) is 0 Å². The lowest BCUT2D eigenvalue weighted by molar-refractivity contribution is 0.181. The zero-order valence-electron chi connectivity index (χ0n) is 12.5. The minimum Gasteiger partial charge on any atom is -0.476 e. The fourth-order valence-electron chi connectivity index (χ4n) is 2.38. The molecule has 1 aromatic heterocycles. The SMILES string of the molecule is C=Cc1cnc(OCC2CCN(S(C)(=O)=O)CC2)c(C#N)c1. The van der Waals surface area contributed by atoms with E-state index in [0.717, 1.165) is 18.4 Å². The van der Waals surface area contributed by atoms with E-state index in [1.807, 2.05) is 0 Å². The number of aromatic nitrogens is 1. The first-order chi connectivity index (χ1) is 10.4. The van der Waals surface area contributed by atoms with Crippen LogP contribution in [0.3, 0.4) is 0 Å². The lowest BCUT2D eigenvalue weighted by Crippen LogP contribution is -2.39. The molecule has 0 unspecified atom stereocenters. The Hall–Kier alpha value is -1.91. The number of nitrogens with zero attached hydrogens (tertiary/aromatic N) is 3. The minimum absolute atomic E-state index is 0.269. The molecule has 6 nitrogen and oxygen atoms in total. The fraction of sp³-hybridized carbons (Fsp3) is 0.467. The number of nitriles is 1. The van der Waals surface area contributed by atoms with Crippen molar-refractivity contribution in [1.82, 2.24) is 9.29 Å². The van der Waals surface area contributed by atoms with Crippen molar-refractivity contribution in [3.8, 4) is 11.9 Å². The number of hydrogen-bond donors (Lipinski definition) is 0. The van der Waals surface area contributed by atoms with Gasteiger partial charge < -0.3 is 4.74 Å². The molecule has 0 atom stereocenters. The molecule has 0 saturated carbocycles. The van der Waals surface area contributed by atoms with E-state index in [9.17, 15) is 8.42 Å². The van der Waals surface area contributed by atoms with Crippen molar-refractivity contribution in [1.29, 1.82) is 5.26 Å². The van der Waals surface area contributed by atoms with E-state index >= 15 is 0 Å². The molecule has 0 aliphatic carbocycles. The Morgan fingerprint density at radius 2 is 2.23 bits per heavy atom. The molecule has 1 aliphatic heterocycles. The van der Waals surface area contributed by atoms with Crippen LogP contribution >= 0.6 is 0 Å². The third-order valence-corrected chi connectivity index (χ3v) is 5.03. The summed E-state index contributed by atoms with van der Waals surface area (Å²) < 4.78 is 30.1. The van der Waals surface area contributed by atoms with Crippen LogP contribution in [0.15, 0.2) is 18.8 Å².